The van der Waals surface area contributed by atoms with E-state index < -0.39 is 17.4 Å². The highest BCUT2D eigenvalue weighted by Crippen LogP contribution is 2.36. The largest absolute Gasteiger partial charge is 0.492 e. The van der Waals surface area contributed by atoms with E-state index in [2.05, 4.69) is 21.2 Å². The lowest BCUT2D eigenvalue weighted by molar-refractivity contribution is -0.139. The highest BCUT2D eigenvalue weighted by Gasteiger charge is 2.41. The molecule has 7 heteroatoms. The molecule has 3 rings (SSSR count). The predicted molar refractivity (Wildman–Crippen MR) is 80.9 cm³/mol. The molecule has 22 heavy (non-hydrogen) atoms. The second-order valence-corrected chi connectivity index (χ2v) is 6.60. The van der Waals surface area contributed by atoms with Gasteiger partial charge in [-0.1, -0.05) is 15.9 Å². The zero-order valence-electron chi connectivity index (χ0n) is 11.8. The summed E-state index contributed by atoms with van der Waals surface area (Å²) in [6.45, 7) is 0.947. The molecule has 1 amide bonds. The summed E-state index contributed by atoms with van der Waals surface area (Å²) in [4.78, 5) is 23.7. The molecule has 6 nitrogen and oxygen atoms in total. The maximum atomic E-state index is 12.6. The first-order valence-electron chi connectivity index (χ1n) is 7.03. The number of hydrogen-bond acceptors (Lipinski definition) is 4. The zero-order valence-corrected chi connectivity index (χ0v) is 13.4. The predicted octanol–water partition coefficient (Wildman–Crippen LogP) is 1.68. The van der Waals surface area contributed by atoms with Gasteiger partial charge in [-0.2, -0.15) is 0 Å². The molecule has 1 fully saturated rings. The Kier molecular flexibility index (Phi) is 4.10. The number of benzene rings is 1. The van der Waals surface area contributed by atoms with E-state index in [1.165, 1.54) is 0 Å². The van der Waals surface area contributed by atoms with Crippen LogP contribution >= 0.6 is 15.9 Å². The molecule has 2 heterocycles. The Balaban J connectivity index is 1.78. The van der Waals surface area contributed by atoms with Gasteiger partial charge in [-0.3, -0.25) is 9.59 Å². The minimum Gasteiger partial charge on any atom is -0.492 e. The number of hydrogen-bond donors (Lipinski definition) is 2. The van der Waals surface area contributed by atoms with Crippen molar-refractivity contribution in [3.05, 3.63) is 28.2 Å². The summed E-state index contributed by atoms with van der Waals surface area (Å²) in [6, 6.07) is 5.54. The smallest absolute Gasteiger partial charge is 0.305 e. The Morgan fingerprint density at radius 2 is 2.27 bits per heavy atom. The summed E-state index contributed by atoms with van der Waals surface area (Å²) in [7, 11) is 0. The maximum absolute atomic E-state index is 12.6. The molecule has 0 saturated carbocycles. The average Bonchev–Trinajstić information content (AvgIpc) is 3.04. The molecule has 2 N–H and O–H groups in total. The minimum atomic E-state index is -0.948. The van der Waals surface area contributed by atoms with E-state index in [-0.39, 0.29) is 25.5 Å². The van der Waals surface area contributed by atoms with E-state index in [9.17, 15) is 9.59 Å². The van der Waals surface area contributed by atoms with Crippen LogP contribution in [0.15, 0.2) is 22.7 Å². The van der Waals surface area contributed by atoms with E-state index in [1.807, 2.05) is 18.2 Å². The molecule has 0 aliphatic carbocycles. The van der Waals surface area contributed by atoms with Crippen LogP contribution in [0.4, 0.5) is 0 Å². The monoisotopic (exact) mass is 369 g/mol. The topological polar surface area (TPSA) is 84.9 Å². The van der Waals surface area contributed by atoms with Crippen molar-refractivity contribution in [2.75, 3.05) is 19.8 Å². The van der Waals surface area contributed by atoms with Crippen LogP contribution in [0.5, 0.6) is 5.75 Å². The number of carboxylic acid groups (broad SMARTS) is 1. The second-order valence-electron chi connectivity index (χ2n) is 5.69. The summed E-state index contributed by atoms with van der Waals surface area (Å²) in [5.74, 6) is -0.905. The van der Waals surface area contributed by atoms with Gasteiger partial charge in [0.15, 0.2) is 0 Å². The van der Waals surface area contributed by atoms with E-state index in [4.69, 9.17) is 14.6 Å². The Labute approximate surface area is 135 Å². The Morgan fingerprint density at radius 1 is 1.45 bits per heavy atom. The number of nitrogens with one attached hydrogen (secondary N) is 1. The van der Waals surface area contributed by atoms with E-state index in [0.717, 1.165) is 10.0 Å². The van der Waals surface area contributed by atoms with Gasteiger partial charge in [0, 0.05) is 16.6 Å². The fraction of sp³-hybridized carbons (Fsp3) is 0.467. The van der Waals surface area contributed by atoms with Crippen molar-refractivity contribution in [1.29, 1.82) is 0 Å². The van der Waals surface area contributed by atoms with Crippen LogP contribution in [-0.2, 0) is 14.3 Å². The molecule has 0 bridgehead atoms. The van der Waals surface area contributed by atoms with E-state index >= 15 is 0 Å². The number of rotatable bonds is 4. The highest BCUT2D eigenvalue weighted by molar-refractivity contribution is 9.10. The van der Waals surface area contributed by atoms with E-state index in [1.54, 1.807) is 0 Å². The van der Waals surface area contributed by atoms with E-state index in [0.29, 0.717) is 18.8 Å². The van der Waals surface area contributed by atoms with Crippen molar-refractivity contribution < 1.29 is 24.2 Å². The number of carboxylic acids is 1. The Hall–Kier alpha value is -1.60. The standard InChI is InChI=1S/C15H16BrNO5/c16-9-1-2-12-10(5-9)11(7-22-12)14(20)17-15(6-13(18)19)3-4-21-8-15/h1-2,5,11H,3-4,6-8H2,(H,17,20)(H,18,19). The fourth-order valence-corrected chi connectivity index (χ4v) is 3.31. The molecule has 0 radical (unpaired) electrons. The quantitative estimate of drug-likeness (QED) is 0.843. The third-order valence-electron chi connectivity index (χ3n) is 4.05. The second kappa shape index (κ2) is 5.89. The van der Waals surface area contributed by atoms with Gasteiger partial charge in [0.1, 0.15) is 18.3 Å². The number of carbonyl (C=O) groups excluding carboxylic acids is 1. The summed E-state index contributed by atoms with van der Waals surface area (Å²) < 4.78 is 11.7. The van der Waals surface area contributed by atoms with Gasteiger partial charge < -0.3 is 19.9 Å². The van der Waals surface area contributed by atoms with Crippen LogP contribution in [0.1, 0.15) is 24.3 Å². The van der Waals surface area contributed by atoms with Crippen molar-refractivity contribution in [1.82, 2.24) is 5.32 Å². The number of ether oxygens (including phenoxy) is 2. The van der Waals surface area contributed by atoms with Gasteiger partial charge in [-0.25, -0.2) is 0 Å². The van der Waals surface area contributed by atoms with Crippen LogP contribution in [0.25, 0.3) is 0 Å². The minimum absolute atomic E-state index is 0.141. The highest BCUT2D eigenvalue weighted by atomic mass is 79.9. The van der Waals surface area contributed by atoms with Crippen LogP contribution in [0.2, 0.25) is 0 Å². The average molecular weight is 370 g/mol. The van der Waals surface area contributed by atoms with Gasteiger partial charge in [-0.15, -0.1) is 0 Å². The summed E-state index contributed by atoms with van der Waals surface area (Å²) in [5, 5.41) is 12.0. The lowest BCUT2D eigenvalue weighted by Crippen LogP contribution is -2.52. The first-order valence-corrected chi connectivity index (χ1v) is 7.82. The number of halogens is 1. The van der Waals surface area contributed by atoms with Crippen LogP contribution in [0, 0.1) is 0 Å². The molecule has 2 aliphatic rings. The van der Waals surface area contributed by atoms with Crippen molar-refractivity contribution in [3.8, 4) is 5.75 Å². The number of aliphatic carboxylic acids is 1. The zero-order chi connectivity index (χ0) is 15.7. The Bertz CT molecular complexity index is 612. The molecule has 118 valence electrons. The summed E-state index contributed by atoms with van der Waals surface area (Å²) in [5.41, 5.74) is -0.00576. The molecule has 1 aromatic rings. The first-order chi connectivity index (χ1) is 10.5. The molecular formula is C15H16BrNO5. The fourth-order valence-electron chi connectivity index (χ4n) is 2.93. The first kappa shape index (κ1) is 15.3. The molecule has 2 atom stereocenters. The SMILES string of the molecule is O=C(O)CC1(NC(=O)C2COc3ccc(Br)cc32)CCOC1. The third-order valence-corrected chi connectivity index (χ3v) is 4.54. The molecule has 0 spiro atoms. The molecule has 0 aromatic heterocycles. The Morgan fingerprint density at radius 3 is 2.95 bits per heavy atom. The van der Waals surface area contributed by atoms with Gasteiger partial charge in [0.25, 0.3) is 0 Å². The molecule has 1 aromatic carbocycles. The van der Waals surface area contributed by atoms with Crippen LogP contribution < -0.4 is 10.1 Å². The third kappa shape index (κ3) is 2.96. The molecule has 1 saturated heterocycles. The molecule has 2 unspecified atom stereocenters. The van der Waals surface area contributed by atoms with Crippen molar-refractivity contribution in [2.45, 2.75) is 24.3 Å². The van der Waals surface area contributed by atoms with Gasteiger partial charge in [0.2, 0.25) is 5.91 Å². The van der Waals surface area contributed by atoms with Crippen molar-refractivity contribution in [2.24, 2.45) is 0 Å². The van der Waals surface area contributed by atoms with Crippen LogP contribution in [0.3, 0.4) is 0 Å². The summed E-state index contributed by atoms with van der Waals surface area (Å²) >= 11 is 3.39. The molecular weight excluding hydrogens is 354 g/mol. The van der Waals surface area contributed by atoms with Gasteiger partial charge in [0.05, 0.1) is 18.6 Å². The lowest BCUT2D eigenvalue weighted by Gasteiger charge is -2.28. The summed E-state index contributed by atoms with van der Waals surface area (Å²) in [6.07, 6.45) is 0.363. The maximum Gasteiger partial charge on any atom is 0.305 e. The van der Waals surface area contributed by atoms with Crippen LogP contribution in [-0.4, -0.2) is 42.3 Å². The van der Waals surface area contributed by atoms with Crippen molar-refractivity contribution >= 4 is 27.8 Å². The lowest BCUT2D eigenvalue weighted by atomic mass is 9.92. The normalized spacial score (nSPS) is 26.3. The molecule has 2 aliphatic heterocycles. The van der Waals surface area contributed by atoms with Gasteiger partial charge in [-0.05, 0) is 24.6 Å². The van der Waals surface area contributed by atoms with Crippen molar-refractivity contribution in [3.63, 3.8) is 0 Å². The van der Waals surface area contributed by atoms with Gasteiger partial charge >= 0.3 is 5.97 Å². The number of fused-ring (bicyclic) bond motifs is 1. The number of amides is 1. The number of carbonyl (C=O) groups is 2.